The standard InChI is InChI=1S/C11H12N2O/c1-9-6-7-11(14-9)13(2)10-5-3-4-8-12-10/h3-8H,1-2H3. The summed E-state index contributed by atoms with van der Waals surface area (Å²) in [5.74, 6) is 2.59. The van der Waals surface area contributed by atoms with E-state index < -0.39 is 0 Å². The highest BCUT2D eigenvalue weighted by atomic mass is 16.4. The van der Waals surface area contributed by atoms with Crippen LogP contribution in [0.2, 0.25) is 0 Å². The third-order valence-electron chi connectivity index (χ3n) is 2.05. The van der Waals surface area contributed by atoms with E-state index in [0.29, 0.717) is 0 Å². The second-order valence-electron chi connectivity index (χ2n) is 3.13. The molecule has 2 aromatic heterocycles. The molecular formula is C11H12N2O. The Morgan fingerprint density at radius 2 is 2.07 bits per heavy atom. The molecular weight excluding hydrogens is 176 g/mol. The number of aromatic nitrogens is 1. The van der Waals surface area contributed by atoms with Gasteiger partial charge in [0.25, 0.3) is 0 Å². The van der Waals surface area contributed by atoms with Crippen molar-refractivity contribution in [2.24, 2.45) is 0 Å². The molecule has 0 saturated carbocycles. The summed E-state index contributed by atoms with van der Waals surface area (Å²) in [7, 11) is 1.93. The van der Waals surface area contributed by atoms with Crippen LogP contribution in [0, 0.1) is 6.92 Å². The van der Waals surface area contributed by atoms with Crippen LogP contribution >= 0.6 is 0 Å². The summed E-state index contributed by atoms with van der Waals surface area (Å²) >= 11 is 0. The second-order valence-corrected chi connectivity index (χ2v) is 3.13. The maximum absolute atomic E-state index is 5.49. The molecule has 2 heterocycles. The second kappa shape index (κ2) is 3.54. The molecule has 0 fully saturated rings. The van der Waals surface area contributed by atoms with E-state index in [1.807, 2.05) is 49.2 Å². The summed E-state index contributed by atoms with van der Waals surface area (Å²) in [5, 5.41) is 0. The third kappa shape index (κ3) is 1.62. The smallest absolute Gasteiger partial charge is 0.200 e. The molecule has 0 unspecified atom stereocenters. The van der Waals surface area contributed by atoms with E-state index in [2.05, 4.69) is 4.98 Å². The lowest BCUT2D eigenvalue weighted by atomic mass is 10.4. The molecule has 0 aromatic carbocycles. The fourth-order valence-electron chi connectivity index (χ4n) is 1.27. The zero-order valence-corrected chi connectivity index (χ0v) is 8.27. The number of aryl methyl sites for hydroxylation is 1. The van der Waals surface area contributed by atoms with Gasteiger partial charge in [-0.1, -0.05) is 6.07 Å². The molecule has 0 aliphatic carbocycles. The summed E-state index contributed by atoms with van der Waals surface area (Å²) in [5.41, 5.74) is 0. The van der Waals surface area contributed by atoms with Crippen LogP contribution in [-0.2, 0) is 0 Å². The monoisotopic (exact) mass is 188 g/mol. The normalized spacial score (nSPS) is 10.1. The van der Waals surface area contributed by atoms with Gasteiger partial charge in [-0.05, 0) is 25.1 Å². The van der Waals surface area contributed by atoms with Crippen molar-refractivity contribution in [3.63, 3.8) is 0 Å². The van der Waals surface area contributed by atoms with E-state index in [1.165, 1.54) is 0 Å². The van der Waals surface area contributed by atoms with Crippen LogP contribution in [0.25, 0.3) is 0 Å². The van der Waals surface area contributed by atoms with Crippen molar-refractivity contribution < 1.29 is 4.42 Å². The lowest BCUT2D eigenvalue weighted by Gasteiger charge is -2.13. The SMILES string of the molecule is Cc1ccc(N(C)c2ccccn2)o1. The predicted molar refractivity (Wildman–Crippen MR) is 55.7 cm³/mol. The highest BCUT2D eigenvalue weighted by molar-refractivity contribution is 5.52. The highest BCUT2D eigenvalue weighted by Crippen LogP contribution is 2.22. The summed E-state index contributed by atoms with van der Waals surface area (Å²) in [4.78, 5) is 6.14. The minimum absolute atomic E-state index is 0.807. The molecule has 0 saturated heterocycles. The van der Waals surface area contributed by atoms with E-state index >= 15 is 0 Å². The lowest BCUT2D eigenvalue weighted by molar-refractivity contribution is 0.537. The predicted octanol–water partition coefficient (Wildman–Crippen LogP) is 2.75. The van der Waals surface area contributed by atoms with Crippen molar-refractivity contribution in [3.05, 3.63) is 42.3 Å². The zero-order chi connectivity index (χ0) is 9.97. The zero-order valence-electron chi connectivity index (χ0n) is 8.27. The Balaban J connectivity index is 2.29. The average molecular weight is 188 g/mol. The van der Waals surface area contributed by atoms with Crippen molar-refractivity contribution in [1.29, 1.82) is 0 Å². The Kier molecular flexibility index (Phi) is 2.23. The van der Waals surface area contributed by atoms with Gasteiger partial charge in [-0.15, -0.1) is 0 Å². The molecule has 0 spiro atoms. The summed E-state index contributed by atoms with van der Waals surface area (Å²) in [6.45, 7) is 1.93. The van der Waals surface area contributed by atoms with E-state index in [1.54, 1.807) is 6.20 Å². The van der Waals surface area contributed by atoms with Gasteiger partial charge >= 0.3 is 0 Å². The first kappa shape index (κ1) is 8.81. The van der Waals surface area contributed by atoms with Gasteiger partial charge in [0.2, 0.25) is 5.88 Å². The highest BCUT2D eigenvalue weighted by Gasteiger charge is 2.07. The Morgan fingerprint density at radius 1 is 1.21 bits per heavy atom. The molecule has 0 radical (unpaired) electrons. The Bertz CT molecular complexity index is 408. The number of hydrogen-bond donors (Lipinski definition) is 0. The van der Waals surface area contributed by atoms with Gasteiger partial charge in [-0.2, -0.15) is 0 Å². The molecule has 0 atom stereocenters. The van der Waals surface area contributed by atoms with Crippen LogP contribution in [0.1, 0.15) is 5.76 Å². The molecule has 0 N–H and O–H groups in total. The molecule has 3 nitrogen and oxygen atoms in total. The molecule has 0 aliphatic heterocycles. The van der Waals surface area contributed by atoms with Crippen LogP contribution in [0.5, 0.6) is 0 Å². The first-order chi connectivity index (χ1) is 6.77. The van der Waals surface area contributed by atoms with Gasteiger partial charge in [0, 0.05) is 19.3 Å². The van der Waals surface area contributed by atoms with Crippen molar-refractivity contribution in [1.82, 2.24) is 4.98 Å². The maximum Gasteiger partial charge on any atom is 0.200 e. The minimum atomic E-state index is 0.807. The van der Waals surface area contributed by atoms with Crippen LogP contribution < -0.4 is 4.90 Å². The number of anilines is 2. The van der Waals surface area contributed by atoms with Crippen molar-refractivity contribution in [2.75, 3.05) is 11.9 Å². The molecule has 0 aliphatic rings. The van der Waals surface area contributed by atoms with E-state index in [4.69, 9.17) is 4.42 Å². The van der Waals surface area contributed by atoms with Crippen LogP contribution in [-0.4, -0.2) is 12.0 Å². The van der Waals surface area contributed by atoms with Crippen molar-refractivity contribution in [2.45, 2.75) is 6.92 Å². The molecule has 0 amide bonds. The topological polar surface area (TPSA) is 29.3 Å². The summed E-state index contributed by atoms with van der Waals surface area (Å²) in [6.07, 6.45) is 1.77. The quantitative estimate of drug-likeness (QED) is 0.725. The van der Waals surface area contributed by atoms with Gasteiger partial charge in [-0.3, -0.25) is 4.90 Å². The minimum Gasteiger partial charge on any atom is -0.445 e. The first-order valence-corrected chi connectivity index (χ1v) is 4.48. The summed E-state index contributed by atoms with van der Waals surface area (Å²) in [6, 6.07) is 9.66. The number of pyridine rings is 1. The number of hydrogen-bond acceptors (Lipinski definition) is 3. The third-order valence-corrected chi connectivity index (χ3v) is 2.05. The van der Waals surface area contributed by atoms with E-state index in [0.717, 1.165) is 17.5 Å². The van der Waals surface area contributed by atoms with Crippen LogP contribution in [0.15, 0.2) is 40.9 Å². The molecule has 0 bridgehead atoms. The first-order valence-electron chi connectivity index (χ1n) is 4.48. The fourth-order valence-corrected chi connectivity index (χ4v) is 1.27. The molecule has 3 heteroatoms. The summed E-state index contributed by atoms with van der Waals surface area (Å²) < 4.78 is 5.49. The van der Waals surface area contributed by atoms with Gasteiger partial charge in [0.15, 0.2) is 0 Å². The van der Waals surface area contributed by atoms with Crippen LogP contribution in [0.4, 0.5) is 11.7 Å². The van der Waals surface area contributed by atoms with Crippen molar-refractivity contribution in [3.8, 4) is 0 Å². The van der Waals surface area contributed by atoms with Gasteiger partial charge in [0.05, 0.1) is 0 Å². The maximum atomic E-state index is 5.49. The molecule has 2 rings (SSSR count). The van der Waals surface area contributed by atoms with Gasteiger partial charge in [-0.25, -0.2) is 4.98 Å². The Hall–Kier alpha value is -1.77. The molecule has 2 aromatic rings. The number of furan rings is 1. The largest absolute Gasteiger partial charge is 0.445 e. The number of nitrogens with zero attached hydrogens (tertiary/aromatic N) is 2. The average Bonchev–Trinajstić information content (AvgIpc) is 2.65. The Labute approximate surface area is 83.0 Å². The molecule has 14 heavy (non-hydrogen) atoms. The van der Waals surface area contributed by atoms with Crippen LogP contribution in [0.3, 0.4) is 0 Å². The van der Waals surface area contributed by atoms with Gasteiger partial charge < -0.3 is 4.42 Å². The lowest BCUT2D eigenvalue weighted by Crippen LogP contribution is -2.09. The van der Waals surface area contributed by atoms with E-state index in [9.17, 15) is 0 Å². The van der Waals surface area contributed by atoms with E-state index in [-0.39, 0.29) is 0 Å². The molecule has 72 valence electrons. The fraction of sp³-hybridized carbons (Fsp3) is 0.182. The Morgan fingerprint density at radius 3 is 2.64 bits per heavy atom. The van der Waals surface area contributed by atoms with Crippen molar-refractivity contribution >= 4 is 11.7 Å². The number of rotatable bonds is 2. The van der Waals surface area contributed by atoms with Gasteiger partial charge in [0.1, 0.15) is 11.6 Å².